The fourth-order valence-electron chi connectivity index (χ4n) is 1.48. The summed E-state index contributed by atoms with van der Waals surface area (Å²) in [5, 5.41) is 8.26. The lowest BCUT2D eigenvalue weighted by atomic mass is 10.2. The van der Waals surface area contributed by atoms with Crippen LogP contribution in [0.3, 0.4) is 0 Å². The maximum Gasteiger partial charge on any atom is 0.251 e. The molecule has 0 aliphatic rings. The first kappa shape index (κ1) is 15.0. The van der Waals surface area contributed by atoms with Crippen LogP contribution < -0.4 is 10.5 Å². The second-order valence-corrected chi connectivity index (χ2v) is 7.35. The highest BCUT2D eigenvalue weighted by molar-refractivity contribution is 7.91. The average Bonchev–Trinajstić information content (AvgIpc) is 2.85. The first-order valence-electron chi connectivity index (χ1n) is 5.51. The highest BCUT2D eigenvalue weighted by Gasteiger charge is 2.12. The number of carbonyl (C=O) groups is 1. The van der Waals surface area contributed by atoms with Gasteiger partial charge in [-0.2, -0.15) is 0 Å². The molecule has 5 nitrogen and oxygen atoms in total. The van der Waals surface area contributed by atoms with Gasteiger partial charge in [-0.05, 0) is 36.4 Å². The number of hydrogen-bond donors (Lipinski definition) is 2. The van der Waals surface area contributed by atoms with Crippen LogP contribution in [-0.4, -0.2) is 14.3 Å². The van der Waals surface area contributed by atoms with Gasteiger partial charge < -0.3 is 5.32 Å². The molecule has 0 unspecified atom stereocenters. The molecule has 8 heteroatoms. The number of sulfonamides is 1. The SMILES string of the molecule is NS(=O)(=O)c1ccc(CNC(=O)c2ccc(Cl)cc2)s1. The number of nitrogens with one attached hydrogen (secondary N) is 1. The van der Waals surface area contributed by atoms with Crippen molar-refractivity contribution in [1.82, 2.24) is 5.32 Å². The van der Waals surface area contributed by atoms with Gasteiger partial charge in [0.25, 0.3) is 5.91 Å². The monoisotopic (exact) mass is 330 g/mol. The number of hydrogen-bond acceptors (Lipinski definition) is 4. The van der Waals surface area contributed by atoms with Gasteiger partial charge in [-0.1, -0.05) is 11.6 Å². The van der Waals surface area contributed by atoms with Crippen LogP contribution >= 0.6 is 22.9 Å². The van der Waals surface area contributed by atoms with E-state index in [1.807, 2.05) is 0 Å². The molecule has 0 spiro atoms. The van der Waals surface area contributed by atoms with Gasteiger partial charge in [0.2, 0.25) is 10.0 Å². The quantitative estimate of drug-likeness (QED) is 0.898. The highest BCUT2D eigenvalue weighted by atomic mass is 35.5. The smallest absolute Gasteiger partial charge is 0.251 e. The van der Waals surface area contributed by atoms with E-state index in [0.717, 1.165) is 11.3 Å². The lowest BCUT2D eigenvalue weighted by Gasteiger charge is -2.03. The Hall–Kier alpha value is -1.41. The molecule has 1 aromatic carbocycles. The minimum atomic E-state index is -3.69. The zero-order valence-electron chi connectivity index (χ0n) is 10.2. The maximum absolute atomic E-state index is 11.8. The maximum atomic E-state index is 11.8. The van der Waals surface area contributed by atoms with Crippen LogP contribution in [0.4, 0.5) is 0 Å². The van der Waals surface area contributed by atoms with Crippen molar-refractivity contribution in [3.63, 3.8) is 0 Å². The number of primary sulfonamides is 1. The van der Waals surface area contributed by atoms with Crippen LogP contribution in [0.5, 0.6) is 0 Å². The molecule has 2 aromatic rings. The molecular formula is C12H11ClN2O3S2. The lowest BCUT2D eigenvalue weighted by molar-refractivity contribution is 0.0951. The van der Waals surface area contributed by atoms with E-state index in [0.29, 0.717) is 15.5 Å². The van der Waals surface area contributed by atoms with Crippen molar-refractivity contribution in [3.05, 3.63) is 51.9 Å². The number of rotatable bonds is 4. The van der Waals surface area contributed by atoms with E-state index in [2.05, 4.69) is 5.32 Å². The summed E-state index contributed by atoms with van der Waals surface area (Å²) in [6.07, 6.45) is 0. The summed E-state index contributed by atoms with van der Waals surface area (Å²) < 4.78 is 22.3. The Morgan fingerprint density at radius 2 is 1.85 bits per heavy atom. The fraction of sp³-hybridized carbons (Fsp3) is 0.0833. The minimum absolute atomic E-state index is 0.0771. The van der Waals surface area contributed by atoms with Gasteiger partial charge in [0.15, 0.2) is 0 Å². The Kier molecular flexibility index (Phi) is 4.44. The van der Waals surface area contributed by atoms with Crippen molar-refractivity contribution in [2.24, 2.45) is 5.14 Å². The van der Waals surface area contributed by atoms with E-state index >= 15 is 0 Å². The van der Waals surface area contributed by atoms with Crippen molar-refractivity contribution < 1.29 is 13.2 Å². The molecule has 0 radical (unpaired) electrons. The van der Waals surface area contributed by atoms with Crippen molar-refractivity contribution >= 4 is 38.9 Å². The largest absolute Gasteiger partial charge is 0.347 e. The molecule has 0 saturated carbocycles. The molecule has 1 heterocycles. The third kappa shape index (κ3) is 3.80. The summed E-state index contributed by atoms with van der Waals surface area (Å²) in [6, 6.07) is 9.52. The predicted octanol–water partition coefficient (Wildman–Crippen LogP) is 1.98. The topological polar surface area (TPSA) is 89.3 Å². The van der Waals surface area contributed by atoms with Gasteiger partial charge in [0.1, 0.15) is 4.21 Å². The van der Waals surface area contributed by atoms with E-state index in [1.54, 1.807) is 30.3 Å². The number of halogens is 1. The first-order chi connectivity index (χ1) is 9.36. The number of carbonyl (C=O) groups excluding carboxylic acids is 1. The fourth-order valence-corrected chi connectivity index (χ4v) is 3.32. The van der Waals surface area contributed by atoms with Crippen molar-refractivity contribution in [2.75, 3.05) is 0 Å². The first-order valence-corrected chi connectivity index (χ1v) is 8.25. The third-order valence-electron chi connectivity index (χ3n) is 2.45. The molecule has 1 amide bonds. The van der Waals surface area contributed by atoms with E-state index in [-0.39, 0.29) is 16.7 Å². The molecule has 106 valence electrons. The number of benzene rings is 1. The van der Waals surface area contributed by atoms with Gasteiger partial charge in [-0.15, -0.1) is 11.3 Å². The molecule has 2 rings (SSSR count). The highest BCUT2D eigenvalue weighted by Crippen LogP contribution is 2.20. The van der Waals surface area contributed by atoms with Crippen LogP contribution in [0.2, 0.25) is 5.02 Å². The summed E-state index contributed by atoms with van der Waals surface area (Å²) in [7, 11) is -3.69. The van der Waals surface area contributed by atoms with Gasteiger partial charge in [0, 0.05) is 15.5 Å². The average molecular weight is 331 g/mol. The Morgan fingerprint density at radius 3 is 2.40 bits per heavy atom. The van der Waals surface area contributed by atoms with Crippen molar-refractivity contribution in [3.8, 4) is 0 Å². The molecule has 0 aliphatic heterocycles. The Labute approximate surface area is 125 Å². The number of amides is 1. The second-order valence-electron chi connectivity index (χ2n) is 3.96. The van der Waals surface area contributed by atoms with Gasteiger partial charge in [0.05, 0.1) is 6.54 Å². The van der Waals surface area contributed by atoms with Gasteiger partial charge in [-0.25, -0.2) is 13.6 Å². The summed E-state index contributed by atoms with van der Waals surface area (Å²) >= 11 is 6.77. The third-order valence-corrected chi connectivity index (χ3v) is 5.22. The van der Waals surface area contributed by atoms with E-state index < -0.39 is 10.0 Å². The van der Waals surface area contributed by atoms with E-state index in [4.69, 9.17) is 16.7 Å². The van der Waals surface area contributed by atoms with Crippen LogP contribution in [0, 0.1) is 0 Å². The Bertz CT molecular complexity index is 723. The van der Waals surface area contributed by atoms with Crippen molar-refractivity contribution in [2.45, 2.75) is 10.8 Å². The molecule has 0 aliphatic carbocycles. The minimum Gasteiger partial charge on any atom is -0.347 e. The zero-order chi connectivity index (χ0) is 14.8. The molecule has 0 bridgehead atoms. The van der Waals surface area contributed by atoms with Gasteiger partial charge >= 0.3 is 0 Å². The zero-order valence-corrected chi connectivity index (χ0v) is 12.6. The van der Waals surface area contributed by atoms with Crippen LogP contribution in [0.25, 0.3) is 0 Å². The normalized spacial score (nSPS) is 11.3. The van der Waals surface area contributed by atoms with E-state index in [1.165, 1.54) is 6.07 Å². The summed E-state index contributed by atoms with van der Waals surface area (Å²) in [4.78, 5) is 12.5. The Morgan fingerprint density at radius 1 is 1.20 bits per heavy atom. The standard InChI is InChI=1S/C12H11ClN2O3S2/c13-9-3-1-8(2-4-9)12(16)15-7-10-5-6-11(19-10)20(14,17)18/h1-6H,7H2,(H,15,16)(H2,14,17,18). The lowest BCUT2D eigenvalue weighted by Crippen LogP contribution is -2.22. The van der Waals surface area contributed by atoms with Crippen LogP contribution in [-0.2, 0) is 16.6 Å². The Balaban J connectivity index is 2.00. The molecular weight excluding hydrogens is 320 g/mol. The van der Waals surface area contributed by atoms with Crippen LogP contribution in [0.1, 0.15) is 15.2 Å². The molecule has 20 heavy (non-hydrogen) atoms. The molecule has 0 fully saturated rings. The molecule has 3 N–H and O–H groups in total. The van der Waals surface area contributed by atoms with Gasteiger partial charge in [-0.3, -0.25) is 4.79 Å². The predicted molar refractivity (Wildman–Crippen MR) is 78.3 cm³/mol. The summed E-state index contributed by atoms with van der Waals surface area (Å²) in [6.45, 7) is 0.238. The number of nitrogens with two attached hydrogens (primary N) is 1. The number of thiophene rings is 1. The van der Waals surface area contributed by atoms with E-state index in [9.17, 15) is 13.2 Å². The summed E-state index contributed by atoms with van der Waals surface area (Å²) in [5.41, 5.74) is 0.484. The molecule has 0 atom stereocenters. The molecule has 1 aromatic heterocycles. The second kappa shape index (κ2) is 5.92. The van der Waals surface area contributed by atoms with Crippen LogP contribution in [0.15, 0.2) is 40.6 Å². The van der Waals surface area contributed by atoms with Crippen molar-refractivity contribution in [1.29, 1.82) is 0 Å². The summed E-state index contributed by atoms with van der Waals surface area (Å²) in [5.74, 6) is -0.257. The molecule has 0 saturated heterocycles.